The minimum absolute atomic E-state index is 0.245. The maximum Gasteiger partial charge on any atom is 0.337 e. The van der Waals surface area contributed by atoms with Gasteiger partial charge in [0.1, 0.15) is 11.9 Å². The zero-order chi connectivity index (χ0) is 19.6. The van der Waals surface area contributed by atoms with Crippen molar-refractivity contribution in [3.8, 4) is 0 Å². The number of carbonyl (C=O) groups is 3. The number of thiophene rings is 1. The van der Waals surface area contributed by atoms with Gasteiger partial charge in [0.05, 0.1) is 25.8 Å². The minimum atomic E-state index is -0.756. The summed E-state index contributed by atoms with van der Waals surface area (Å²) < 4.78 is 9.65. The second-order valence-electron chi connectivity index (χ2n) is 6.00. The summed E-state index contributed by atoms with van der Waals surface area (Å²) >= 11 is 7.35. The van der Waals surface area contributed by atoms with Crippen LogP contribution in [0.3, 0.4) is 0 Å². The third kappa shape index (κ3) is 3.57. The molecule has 142 valence electrons. The van der Waals surface area contributed by atoms with Gasteiger partial charge in [-0.05, 0) is 34.7 Å². The Balaban J connectivity index is 2.10. The Morgan fingerprint density at radius 1 is 1.15 bits per heavy atom. The fraction of sp³-hybridized carbons (Fsp3) is 0.316. The Bertz CT molecular complexity index is 863. The molecule has 0 saturated carbocycles. The van der Waals surface area contributed by atoms with Crippen LogP contribution in [0.25, 0.3) is 0 Å². The van der Waals surface area contributed by atoms with E-state index in [-0.39, 0.29) is 11.8 Å². The van der Waals surface area contributed by atoms with Gasteiger partial charge in [-0.2, -0.15) is 0 Å². The maximum atomic E-state index is 12.7. The molecule has 0 radical (unpaired) electrons. The lowest BCUT2D eigenvalue weighted by Crippen LogP contribution is -2.52. The van der Waals surface area contributed by atoms with Gasteiger partial charge in [-0.25, -0.2) is 9.59 Å². The first-order chi connectivity index (χ1) is 13.0. The second-order valence-corrected chi connectivity index (χ2v) is 7.22. The second kappa shape index (κ2) is 8.10. The summed E-state index contributed by atoms with van der Waals surface area (Å²) in [7, 11) is 2.62. The van der Waals surface area contributed by atoms with Crippen molar-refractivity contribution < 1.29 is 23.9 Å². The fourth-order valence-electron chi connectivity index (χ4n) is 3.32. The molecule has 1 aliphatic heterocycles. The Morgan fingerprint density at radius 3 is 2.44 bits per heavy atom. The summed E-state index contributed by atoms with van der Waals surface area (Å²) in [6, 6.07) is 7.51. The monoisotopic (exact) mass is 407 g/mol. The van der Waals surface area contributed by atoms with Crippen LogP contribution in [0.2, 0.25) is 0 Å². The van der Waals surface area contributed by atoms with Crippen molar-refractivity contribution in [2.75, 3.05) is 20.1 Å². The number of amides is 1. The van der Waals surface area contributed by atoms with Gasteiger partial charge < -0.3 is 14.4 Å². The van der Waals surface area contributed by atoms with Gasteiger partial charge >= 0.3 is 11.9 Å². The van der Waals surface area contributed by atoms with Crippen molar-refractivity contribution in [3.05, 3.63) is 57.3 Å². The topological polar surface area (TPSA) is 72.9 Å². The highest BCUT2D eigenvalue weighted by Gasteiger charge is 2.42. The lowest BCUT2D eigenvalue weighted by atomic mass is 9.90. The van der Waals surface area contributed by atoms with Crippen LogP contribution in [0.1, 0.15) is 32.4 Å². The van der Waals surface area contributed by atoms with E-state index in [0.717, 1.165) is 16.0 Å². The number of benzene rings is 1. The van der Waals surface area contributed by atoms with E-state index in [1.165, 1.54) is 30.5 Å². The zero-order valence-corrected chi connectivity index (χ0v) is 16.4. The number of hydrogen-bond acceptors (Lipinski definition) is 6. The number of hydrogen-bond donors (Lipinski definition) is 0. The molecular formula is C19H18ClNO5S. The highest BCUT2D eigenvalue weighted by Crippen LogP contribution is 2.41. The van der Waals surface area contributed by atoms with Crippen LogP contribution in [0, 0.1) is 0 Å². The molecule has 0 fully saturated rings. The summed E-state index contributed by atoms with van der Waals surface area (Å²) in [6.45, 7) is 0. The molecule has 2 atom stereocenters. The molecular weight excluding hydrogens is 390 g/mol. The van der Waals surface area contributed by atoms with Crippen molar-refractivity contribution in [1.82, 2.24) is 4.90 Å². The minimum Gasteiger partial charge on any atom is -0.467 e. The Hall–Kier alpha value is -2.38. The standard InChI is InChI=1S/C19H18ClNO5S/c1-25-18(23)12-5-3-11(4-6-12)16-17-13(7-8-27-17)9-14(19(24)26-2)21(16)15(22)10-20/h3-8,14,16H,9-10H2,1-2H3/t14-,16+/m1/s1. The first kappa shape index (κ1) is 19.4. The van der Waals surface area contributed by atoms with Gasteiger partial charge in [-0.1, -0.05) is 12.1 Å². The highest BCUT2D eigenvalue weighted by molar-refractivity contribution is 7.10. The first-order valence-electron chi connectivity index (χ1n) is 8.21. The van der Waals surface area contributed by atoms with E-state index in [9.17, 15) is 14.4 Å². The molecule has 0 aliphatic carbocycles. The lowest BCUT2D eigenvalue weighted by molar-refractivity contribution is -0.154. The molecule has 1 aliphatic rings. The SMILES string of the molecule is COC(=O)c1ccc([C@H]2c3sccc3C[C@H](C(=O)OC)N2C(=O)CCl)cc1. The molecule has 3 rings (SSSR count). The quantitative estimate of drug-likeness (QED) is 0.575. The largest absolute Gasteiger partial charge is 0.467 e. The average Bonchev–Trinajstić information content (AvgIpc) is 3.19. The fourth-order valence-corrected chi connectivity index (χ4v) is 4.52. The zero-order valence-electron chi connectivity index (χ0n) is 14.8. The normalized spacial score (nSPS) is 18.6. The molecule has 27 heavy (non-hydrogen) atoms. The Labute approximate surface area is 165 Å². The molecule has 2 aromatic rings. The molecule has 0 bridgehead atoms. The van der Waals surface area contributed by atoms with E-state index >= 15 is 0 Å². The van der Waals surface area contributed by atoms with E-state index in [0.29, 0.717) is 12.0 Å². The van der Waals surface area contributed by atoms with Crippen LogP contribution in [0.4, 0.5) is 0 Å². The molecule has 0 saturated heterocycles. The highest BCUT2D eigenvalue weighted by atomic mass is 35.5. The third-order valence-corrected chi connectivity index (χ3v) is 5.82. The molecule has 0 N–H and O–H groups in total. The van der Waals surface area contributed by atoms with E-state index < -0.39 is 24.0 Å². The maximum absolute atomic E-state index is 12.7. The van der Waals surface area contributed by atoms with E-state index in [2.05, 4.69) is 0 Å². The number of carbonyl (C=O) groups excluding carboxylic acids is 3. The number of fused-ring (bicyclic) bond motifs is 1. The number of esters is 2. The van der Waals surface area contributed by atoms with Gasteiger partial charge in [-0.3, -0.25) is 4.79 Å². The van der Waals surface area contributed by atoms with Crippen LogP contribution >= 0.6 is 22.9 Å². The number of rotatable bonds is 4. The van der Waals surface area contributed by atoms with Gasteiger partial charge in [0.2, 0.25) is 5.91 Å². The number of methoxy groups -OCH3 is 2. The van der Waals surface area contributed by atoms with Crippen molar-refractivity contribution in [2.45, 2.75) is 18.5 Å². The van der Waals surface area contributed by atoms with Crippen LogP contribution in [0.15, 0.2) is 35.7 Å². The molecule has 2 heterocycles. The smallest absolute Gasteiger partial charge is 0.337 e. The first-order valence-corrected chi connectivity index (χ1v) is 9.62. The number of halogens is 1. The molecule has 1 aromatic carbocycles. The van der Waals surface area contributed by atoms with E-state index in [4.69, 9.17) is 21.1 Å². The molecule has 0 unspecified atom stereocenters. The lowest BCUT2D eigenvalue weighted by Gasteiger charge is -2.40. The third-order valence-electron chi connectivity index (χ3n) is 4.58. The molecule has 8 heteroatoms. The van der Waals surface area contributed by atoms with E-state index in [1.807, 2.05) is 11.4 Å². The summed E-state index contributed by atoms with van der Waals surface area (Å²) in [5, 5.41) is 1.93. The molecule has 1 aromatic heterocycles. The van der Waals surface area contributed by atoms with Gasteiger partial charge in [0.15, 0.2) is 0 Å². The van der Waals surface area contributed by atoms with Crippen LogP contribution in [0.5, 0.6) is 0 Å². The van der Waals surface area contributed by atoms with Crippen molar-refractivity contribution in [2.24, 2.45) is 0 Å². The average molecular weight is 408 g/mol. The van der Waals surface area contributed by atoms with Crippen molar-refractivity contribution in [3.63, 3.8) is 0 Å². The van der Waals surface area contributed by atoms with Crippen molar-refractivity contribution in [1.29, 1.82) is 0 Å². The Kier molecular flexibility index (Phi) is 5.82. The van der Waals surface area contributed by atoms with Crippen LogP contribution < -0.4 is 0 Å². The van der Waals surface area contributed by atoms with Gasteiger partial charge in [0.25, 0.3) is 0 Å². The summed E-state index contributed by atoms with van der Waals surface area (Å²) in [5.41, 5.74) is 2.18. The van der Waals surface area contributed by atoms with Crippen molar-refractivity contribution >= 4 is 40.8 Å². The predicted octanol–water partition coefficient (Wildman–Crippen LogP) is 2.79. The number of ether oxygens (including phenoxy) is 2. The van der Waals surface area contributed by atoms with Gasteiger partial charge in [0, 0.05) is 11.3 Å². The molecule has 6 nitrogen and oxygen atoms in total. The summed E-state index contributed by atoms with van der Waals surface area (Å²) in [6.07, 6.45) is 0.380. The van der Waals surface area contributed by atoms with Crippen LogP contribution in [-0.2, 0) is 25.5 Å². The molecule has 0 spiro atoms. The predicted molar refractivity (Wildman–Crippen MR) is 101 cm³/mol. The number of nitrogens with zero attached hydrogens (tertiary/aromatic N) is 1. The van der Waals surface area contributed by atoms with E-state index in [1.54, 1.807) is 24.3 Å². The number of alkyl halides is 1. The summed E-state index contributed by atoms with van der Waals surface area (Å²) in [4.78, 5) is 39.2. The summed E-state index contributed by atoms with van der Waals surface area (Å²) in [5.74, 6) is -1.52. The molecule has 1 amide bonds. The van der Waals surface area contributed by atoms with Crippen LogP contribution in [-0.4, -0.2) is 48.9 Å². The Morgan fingerprint density at radius 2 is 1.85 bits per heavy atom. The van der Waals surface area contributed by atoms with Gasteiger partial charge in [-0.15, -0.1) is 22.9 Å².